The molecule has 198 valence electrons. The Kier molecular flexibility index (Phi) is 6.46. The average molecular weight is 517 g/mol. The molecule has 1 aromatic rings. The van der Waals surface area contributed by atoms with Crippen molar-refractivity contribution in [2.75, 3.05) is 6.54 Å². The van der Waals surface area contributed by atoms with E-state index in [0.29, 0.717) is 13.0 Å². The van der Waals surface area contributed by atoms with Crippen LogP contribution in [0.1, 0.15) is 36.5 Å². The molecule has 37 heavy (non-hydrogen) atoms. The molecule has 0 saturated heterocycles. The van der Waals surface area contributed by atoms with E-state index in [9.17, 15) is 40.2 Å². The number of nitrogens with one attached hydrogen (secondary N) is 2. The summed E-state index contributed by atoms with van der Waals surface area (Å²) in [5, 5.41) is 59.3. The van der Waals surface area contributed by atoms with Crippen molar-refractivity contribution in [2.45, 2.75) is 44.4 Å². The van der Waals surface area contributed by atoms with E-state index in [2.05, 4.69) is 10.6 Å². The molecule has 3 amide bonds. The monoisotopic (exact) mass is 516 g/mol. The van der Waals surface area contributed by atoms with Gasteiger partial charge in [0.1, 0.15) is 28.7 Å². The molecule has 1 fully saturated rings. The smallest absolute Gasteiger partial charge is 0.315 e. The Morgan fingerprint density at radius 2 is 1.95 bits per heavy atom. The highest BCUT2D eigenvalue weighted by atomic mass is 19.1. The van der Waals surface area contributed by atoms with Crippen molar-refractivity contribution in [1.29, 1.82) is 0 Å². The molecule has 4 rings (SSSR count). The third-order valence-corrected chi connectivity index (χ3v) is 7.27. The Labute approximate surface area is 210 Å². The molecule has 1 aromatic carbocycles. The van der Waals surface area contributed by atoms with Gasteiger partial charge in [-0.1, -0.05) is 6.92 Å². The molecule has 3 aliphatic rings. The molecule has 0 unspecified atom stereocenters. The van der Waals surface area contributed by atoms with Gasteiger partial charge in [0.05, 0.1) is 17.2 Å². The fourth-order valence-electron chi connectivity index (χ4n) is 5.42. The van der Waals surface area contributed by atoms with Crippen LogP contribution >= 0.6 is 0 Å². The summed E-state index contributed by atoms with van der Waals surface area (Å²) in [5.74, 6) is -7.79. The van der Waals surface area contributed by atoms with Crippen molar-refractivity contribution in [2.24, 2.45) is 23.3 Å². The lowest BCUT2D eigenvalue weighted by Crippen LogP contribution is -2.66. The number of nitrogens with zero attached hydrogens (tertiary/aromatic N) is 1. The van der Waals surface area contributed by atoms with Crippen LogP contribution in [0.3, 0.4) is 0 Å². The molecule has 0 spiro atoms. The SMILES string of the molecule is CCCNC(=O)NCc1cc(F)c2c(c1O)C(O)=C1C(=O)[C@]3(O)C(=[N-])C(C(N)=O)=C(O)[C@@H](N)[C@@H]3C[C@@H]1C2. The van der Waals surface area contributed by atoms with Crippen molar-refractivity contribution in [1.82, 2.24) is 10.6 Å². The van der Waals surface area contributed by atoms with Gasteiger partial charge in [0, 0.05) is 35.7 Å². The van der Waals surface area contributed by atoms with Gasteiger partial charge >= 0.3 is 6.03 Å². The van der Waals surface area contributed by atoms with Crippen molar-refractivity contribution in [3.8, 4) is 5.75 Å². The number of Topliss-reactive ketones (excluding diaryl/α,β-unsaturated/α-hetero) is 1. The molecule has 10 N–H and O–H groups in total. The van der Waals surface area contributed by atoms with E-state index in [1.165, 1.54) is 0 Å². The minimum Gasteiger partial charge on any atom is -0.804 e. The van der Waals surface area contributed by atoms with Crippen LogP contribution in [0.15, 0.2) is 23.0 Å². The first-order valence-electron chi connectivity index (χ1n) is 11.7. The number of carbonyl (C=O) groups is 3. The Morgan fingerprint density at radius 1 is 1.27 bits per heavy atom. The van der Waals surface area contributed by atoms with Gasteiger partial charge in [0.15, 0.2) is 5.78 Å². The number of aliphatic hydroxyl groups is 3. The number of hydrogen-bond acceptors (Lipinski definition) is 8. The van der Waals surface area contributed by atoms with Crippen molar-refractivity contribution in [3.05, 3.63) is 50.9 Å². The number of primary amides is 1. The number of phenolic OH excluding ortho intramolecular Hbond substituents is 1. The summed E-state index contributed by atoms with van der Waals surface area (Å²) >= 11 is 0. The fourth-order valence-corrected chi connectivity index (χ4v) is 5.42. The van der Waals surface area contributed by atoms with E-state index < -0.39 is 81.1 Å². The molecule has 12 nitrogen and oxygen atoms in total. The van der Waals surface area contributed by atoms with Crippen LogP contribution in [0, 0.1) is 17.7 Å². The predicted octanol–water partition coefficient (Wildman–Crippen LogP) is 0.151. The van der Waals surface area contributed by atoms with Crippen LogP contribution in [0.4, 0.5) is 9.18 Å². The highest BCUT2D eigenvalue weighted by Gasteiger charge is 2.59. The van der Waals surface area contributed by atoms with Crippen LogP contribution in [-0.4, -0.2) is 62.0 Å². The summed E-state index contributed by atoms with van der Waals surface area (Å²) in [6.45, 7) is 1.95. The number of rotatable bonds is 5. The zero-order valence-corrected chi connectivity index (χ0v) is 19.8. The number of fused-ring (bicyclic) bond motifs is 3. The average Bonchev–Trinajstić information content (AvgIpc) is 2.84. The van der Waals surface area contributed by atoms with E-state index >= 15 is 4.39 Å². The number of hydrogen-bond donors (Lipinski definition) is 8. The van der Waals surface area contributed by atoms with Gasteiger partial charge in [-0.15, -0.1) is 5.71 Å². The fraction of sp³-hybridized carbons (Fsp3) is 0.417. The zero-order chi connectivity index (χ0) is 27.4. The maximum Gasteiger partial charge on any atom is 0.315 e. The number of amides is 3. The first-order chi connectivity index (χ1) is 17.4. The number of aromatic hydroxyl groups is 1. The minimum absolute atomic E-state index is 0.0775. The number of nitrogens with two attached hydrogens (primary N) is 2. The van der Waals surface area contributed by atoms with Gasteiger partial charge in [0.2, 0.25) is 0 Å². The van der Waals surface area contributed by atoms with Gasteiger partial charge < -0.3 is 47.9 Å². The van der Waals surface area contributed by atoms with E-state index in [1.807, 2.05) is 6.92 Å². The molecule has 0 aromatic heterocycles. The summed E-state index contributed by atoms with van der Waals surface area (Å²) < 4.78 is 15.1. The minimum atomic E-state index is -2.81. The summed E-state index contributed by atoms with van der Waals surface area (Å²) in [6, 6.07) is -1.02. The summed E-state index contributed by atoms with van der Waals surface area (Å²) in [7, 11) is 0. The molecular weight excluding hydrogens is 489 g/mol. The largest absolute Gasteiger partial charge is 0.804 e. The third kappa shape index (κ3) is 3.81. The molecule has 1 saturated carbocycles. The number of halogens is 1. The Balaban J connectivity index is 1.78. The second kappa shape index (κ2) is 9.16. The Morgan fingerprint density at radius 3 is 2.57 bits per heavy atom. The van der Waals surface area contributed by atoms with Gasteiger partial charge in [-0.2, -0.15) is 0 Å². The third-order valence-electron chi connectivity index (χ3n) is 7.27. The quantitative estimate of drug-likeness (QED) is 0.268. The normalized spacial score (nSPS) is 26.9. The number of ketones is 1. The lowest BCUT2D eigenvalue weighted by molar-refractivity contribution is -0.136. The molecule has 3 aliphatic carbocycles. The topological polar surface area (TPSA) is 231 Å². The lowest BCUT2D eigenvalue weighted by Gasteiger charge is -2.52. The van der Waals surface area contributed by atoms with Crippen LogP contribution in [0.5, 0.6) is 5.75 Å². The van der Waals surface area contributed by atoms with Gasteiger partial charge in [0.25, 0.3) is 5.91 Å². The highest BCUT2D eigenvalue weighted by molar-refractivity contribution is 6.35. The van der Waals surface area contributed by atoms with Gasteiger partial charge in [-0.3, -0.25) is 9.59 Å². The Hall–Kier alpha value is -3.97. The first kappa shape index (κ1) is 26.1. The maximum atomic E-state index is 15.1. The van der Waals surface area contributed by atoms with E-state index in [0.717, 1.165) is 6.07 Å². The number of urea groups is 1. The maximum absolute atomic E-state index is 15.1. The molecule has 0 aliphatic heterocycles. The number of aliphatic hydroxyl groups excluding tert-OH is 2. The molecule has 0 bridgehead atoms. The lowest BCUT2D eigenvalue weighted by atomic mass is 9.57. The molecule has 13 heteroatoms. The first-order valence-corrected chi connectivity index (χ1v) is 11.7. The van der Waals surface area contributed by atoms with Gasteiger partial charge in [-0.25, -0.2) is 9.18 Å². The second-order valence-electron chi connectivity index (χ2n) is 9.43. The van der Waals surface area contributed by atoms with Gasteiger partial charge in [-0.05, 0) is 31.2 Å². The standard InChI is InChI=1S/C24H27FN5O7/c1-2-3-29-23(36)30-7-9-6-12(25)10-4-8-5-11-16(26)19(33)15(22(28)35)20(27)24(11,37)21(34)13(8)18(32)14(10)17(9)31/h6,8,11,16,31-33,37H,2-5,7,26H2,1H3,(H2,28,35)(H2,29,30,36)/q-1/t8-,11-,16-,24+/m0/s1. The van der Waals surface area contributed by atoms with Crippen LogP contribution in [-0.2, 0) is 22.6 Å². The van der Waals surface area contributed by atoms with Crippen molar-refractivity contribution >= 4 is 29.2 Å². The molecular formula is C24H27FN5O7-. The summed E-state index contributed by atoms with van der Waals surface area (Å²) in [5.41, 5.74) is 5.31. The van der Waals surface area contributed by atoms with E-state index in [1.54, 1.807) is 0 Å². The van der Waals surface area contributed by atoms with E-state index in [-0.39, 0.29) is 36.1 Å². The van der Waals surface area contributed by atoms with Crippen molar-refractivity contribution < 1.29 is 39.2 Å². The summed E-state index contributed by atoms with van der Waals surface area (Å²) in [6.07, 6.45) is 0.311. The summed E-state index contributed by atoms with van der Waals surface area (Å²) in [4.78, 5) is 37.2. The number of benzene rings is 1. The van der Waals surface area contributed by atoms with Crippen LogP contribution in [0.2, 0.25) is 0 Å². The highest BCUT2D eigenvalue weighted by Crippen LogP contribution is 2.51. The number of carbonyl (C=O) groups excluding carboxylic acids is 3. The molecule has 4 atom stereocenters. The zero-order valence-electron chi connectivity index (χ0n) is 19.8. The van der Waals surface area contributed by atoms with Crippen LogP contribution < -0.4 is 22.1 Å². The van der Waals surface area contributed by atoms with Crippen LogP contribution in [0.25, 0.3) is 11.2 Å². The van der Waals surface area contributed by atoms with E-state index in [4.69, 9.17) is 11.5 Å². The predicted molar refractivity (Wildman–Crippen MR) is 129 cm³/mol. The molecule has 0 heterocycles. The number of phenols is 1. The second-order valence-corrected chi connectivity index (χ2v) is 9.43. The molecule has 0 radical (unpaired) electrons. The Bertz CT molecular complexity index is 1310. The van der Waals surface area contributed by atoms with Crippen molar-refractivity contribution in [3.63, 3.8) is 0 Å².